The van der Waals surface area contributed by atoms with Gasteiger partial charge in [0.05, 0.1) is 6.54 Å². The molecular weight excluding hydrogens is 262 g/mol. The first-order valence-corrected chi connectivity index (χ1v) is 6.96. The molecular formula is C15H22F2N2O. The van der Waals surface area contributed by atoms with Crippen molar-refractivity contribution in [2.45, 2.75) is 39.2 Å². The van der Waals surface area contributed by atoms with Crippen LogP contribution in [0.3, 0.4) is 0 Å². The summed E-state index contributed by atoms with van der Waals surface area (Å²) in [7, 11) is 0. The molecule has 1 aromatic carbocycles. The molecule has 1 aromatic rings. The third-order valence-electron chi connectivity index (χ3n) is 2.93. The summed E-state index contributed by atoms with van der Waals surface area (Å²) in [5.41, 5.74) is 0.578. The fourth-order valence-corrected chi connectivity index (χ4v) is 2.02. The van der Waals surface area contributed by atoms with E-state index in [-0.39, 0.29) is 18.5 Å². The van der Waals surface area contributed by atoms with Crippen LogP contribution in [0.2, 0.25) is 0 Å². The van der Waals surface area contributed by atoms with E-state index in [2.05, 4.69) is 17.6 Å². The second kappa shape index (κ2) is 8.64. The molecule has 0 aromatic heterocycles. The van der Waals surface area contributed by atoms with Gasteiger partial charge in [-0.05, 0) is 44.0 Å². The van der Waals surface area contributed by atoms with Crippen LogP contribution in [0.15, 0.2) is 18.2 Å². The minimum Gasteiger partial charge on any atom is -0.353 e. The van der Waals surface area contributed by atoms with Gasteiger partial charge in [-0.2, -0.15) is 0 Å². The summed E-state index contributed by atoms with van der Waals surface area (Å²) >= 11 is 0. The number of carbonyl (C=O) groups is 1. The lowest BCUT2D eigenvalue weighted by molar-refractivity contribution is -0.120. The Morgan fingerprint density at radius 3 is 2.50 bits per heavy atom. The van der Waals surface area contributed by atoms with Crippen molar-refractivity contribution < 1.29 is 13.6 Å². The average Bonchev–Trinajstić information content (AvgIpc) is 2.33. The van der Waals surface area contributed by atoms with Gasteiger partial charge in [-0.15, -0.1) is 0 Å². The number of amides is 1. The zero-order valence-electron chi connectivity index (χ0n) is 12.0. The van der Waals surface area contributed by atoms with Gasteiger partial charge in [-0.3, -0.25) is 4.79 Å². The third-order valence-corrected chi connectivity index (χ3v) is 2.93. The summed E-state index contributed by atoms with van der Waals surface area (Å²) < 4.78 is 25.9. The Kier molecular flexibility index (Phi) is 7.15. The molecule has 0 aliphatic carbocycles. The minimum absolute atomic E-state index is 0.0589. The Bertz CT molecular complexity index is 418. The van der Waals surface area contributed by atoms with E-state index in [0.29, 0.717) is 18.5 Å². The van der Waals surface area contributed by atoms with E-state index in [1.165, 1.54) is 12.1 Å². The number of benzene rings is 1. The molecule has 0 bridgehead atoms. The van der Waals surface area contributed by atoms with Crippen LogP contribution in [-0.2, 0) is 11.2 Å². The Balaban J connectivity index is 2.22. The smallest absolute Gasteiger partial charge is 0.234 e. The Morgan fingerprint density at radius 2 is 1.90 bits per heavy atom. The van der Waals surface area contributed by atoms with Gasteiger partial charge in [0.1, 0.15) is 11.6 Å². The predicted molar refractivity (Wildman–Crippen MR) is 75.4 cm³/mol. The monoisotopic (exact) mass is 284 g/mol. The zero-order valence-corrected chi connectivity index (χ0v) is 12.0. The standard InChI is InChI=1S/C15H22F2N2O/c1-3-4-11(2)19-15(20)10-18-6-5-12-7-13(16)9-14(17)8-12/h7-9,11,18H,3-6,10H2,1-2H3,(H,19,20). The van der Waals surface area contributed by atoms with Crippen LogP contribution < -0.4 is 10.6 Å². The molecule has 0 spiro atoms. The molecule has 0 heterocycles. The fourth-order valence-electron chi connectivity index (χ4n) is 2.02. The Labute approximate surface area is 118 Å². The third kappa shape index (κ3) is 6.61. The van der Waals surface area contributed by atoms with Crippen molar-refractivity contribution in [2.24, 2.45) is 0 Å². The number of halogens is 2. The maximum atomic E-state index is 13.0. The normalized spacial score (nSPS) is 12.2. The molecule has 3 nitrogen and oxygen atoms in total. The highest BCUT2D eigenvalue weighted by Gasteiger charge is 2.06. The molecule has 0 saturated heterocycles. The van der Waals surface area contributed by atoms with E-state index < -0.39 is 11.6 Å². The summed E-state index contributed by atoms with van der Waals surface area (Å²) in [6.07, 6.45) is 2.46. The summed E-state index contributed by atoms with van der Waals surface area (Å²) in [5, 5.41) is 5.84. The molecule has 1 rings (SSSR count). The van der Waals surface area contributed by atoms with E-state index in [1.807, 2.05) is 6.92 Å². The van der Waals surface area contributed by atoms with Crippen LogP contribution in [0.4, 0.5) is 8.78 Å². The van der Waals surface area contributed by atoms with Crippen LogP contribution in [-0.4, -0.2) is 25.0 Å². The summed E-state index contributed by atoms with van der Waals surface area (Å²) in [6, 6.07) is 3.62. The second-order valence-electron chi connectivity index (χ2n) is 4.96. The summed E-state index contributed by atoms with van der Waals surface area (Å²) in [4.78, 5) is 11.6. The van der Waals surface area contributed by atoms with Crippen LogP contribution >= 0.6 is 0 Å². The van der Waals surface area contributed by atoms with Gasteiger partial charge in [0, 0.05) is 12.1 Å². The molecule has 112 valence electrons. The maximum Gasteiger partial charge on any atom is 0.234 e. The van der Waals surface area contributed by atoms with Gasteiger partial charge < -0.3 is 10.6 Å². The summed E-state index contributed by atoms with van der Waals surface area (Å²) in [6.45, 7) is 4.75. The van der Waals surface area contributed by atoms with Gasteiger partial charge in [0.2, 0.25) is 5.91 Å². The molecule has 1 atom stereocenters. The fraction of sp³-hybridized carbons (Fsp3) is 0.533. The van der Waals surface area contributed by atoms with Gasteiger partial charge in [0.15, 0.2) is 0 Å². The second-order valence-corrected chi connectivity index (χ2v) is 4.96. The van der Waals surface area contributed by atoms with Crippen LogP contribution in [0, 0.1) is 11.6 Å². The van der Waals surface area contributed by atoms with Crippen LogP contribution in [0.25, 0.3) is 0 Å². The van der Waals surface area contributed by atoms with Gasteiger partial charge >= 0.3 is 0 Å². The number of hydrogen-bond acceptors (Lipinski definition) is 2. The molecule has 5 heteroatoms. The lowest BCUT2D eigenvalue weighted by atomic mass is 10.1. The highest BCUT2D eigenvalue weighted by molar-refractivity contribution is 5.78. The number of carbonyl (C=O) groups excluding carboxylic acids is 1. The van der Waals surface area contributed by atoms with Crippen molar-refractivity contribution in [3.05, 3.63) is 35.4 Å². The van der Waals surface area contributed by atoms with Crippen molar-refractivity contribution in [1.29, 1.82) is 0 Å². The van der Waals surface area contributed by atoms with Crippen molar-refractivity contribution in [2.75, 3.05) is 13.1 Å². The maximum absolute atomic E-state index is 13.0. The number of hydrogen-bond donors (Lipinski definition) is 2. The quantitative estimate of drug-likeness (QED) is 0.720. The first-order chi connectivity index (χ1) is 9.51. The Hall–Kier alpha value is -1.49. The largest absolute Gasteiger partial charge is 0.353 e. The SMILES string of the molecule is CCCC(C)NC(=O)CNCCc1cc(F)cc(F)c1. The molecule has 20 heavy (non-hydrogen) atoms. The van der Waals surface area contributed by atoms with E-state index in [1.54, 1.807) is 0 Å². The van der Waals surface area contributed by atoms with E-state index in [4.69, 9.17) is 0 Å². The zero-order chi connectivity index (χ0) is 15.0. The minimum atomic E-state index is -0.578. The van der Waals surface area contributed by atoms with E-state index in [9.17, 15) is 13.6 Å². The molecule has 1 unspecified atom stereocenters. The van der Waals surface area contributed by atoms with Crippen molar-refractivity contribution >= 4 is 5.91 Å². The average molecular weight is 284 g/mol. The van der Waals surface area contributed by atoms with Crippen molar-refractivity contribution in [3.63, 3.8) is 0 Å². The topological polar surface area (TPSA) is 41.1 Å². The highest BCUT2D eigenvalue weighted by Crippen LogP contribution is 2.07. The van der Waals surface area contributed by atoms with Gasteiger partial charge in [-0.25, -0.2) is 8.78 Å². The van der Waals surface area contributed by atoms with Gasteiger partial charge in [0.25, 0.3) is 0 Å². The number of rotatable bonds is 8. The van der Waals surface area contributed by atoms with Gasteiger partial charge in [-0.1, -0.05) is 13.3 Å². The predicted octanol–water partition coefficient (Wildman–Crippen LogP) is 2.40. The molecule has 1 amide bonds. The Morgan fingerprint density at radius 1 is 1.25 bits per heavy atom. The van der Waals surface area contributed by atoms with E-state index in [0.717, 1.165) is 18.9 Å². The summed E-state index contributed by atoms with van der Waals surface area (Å²) in [5.74, 6) is -1.21. The first kappa shape index (κ1) is 16.6. The van der Waals surface area contributed by atoms with Crippen molar-refractivity contribution in [3.8, 4) is 0 Å². The molecule has 0 aliphatic rings. The molecule has 0 saturated carbocycles. The lowest BCUT2D eigenvalue weighted by Gasteiger charge is -2.13. The lowest BCUT2D eigenvalue weighted by Crippen LogP contribution is -2.39. The molecule has 0 aliphatic heterocycles. The van der Waals surface area contributed by atoms with Crippen LogP contribution in [0.1, 0.15) is 32.3 Å². The van der Waals surface area contributed by atoms with Crippen LogP contribution in [0.5, 0.6) is 0 Å². The molecule has 0 radical (unpaired) electrons. The highest BCUT2D eigenvalue weighted by atomic mass is 19.1. The molecule has 0 fully saturated rings. The van der Waals surface area contributed by atoms with Crippen molar-refractivity contribution in [1.82, 2.24) is 10.6 Å². The molecule has 2 N–H and O–H groups in total. The number of nitrogens with one attached hydrogen (secondary N) is 2. The van der Waals surface area contributed by atoms with E-state index >= 15 is 0 Å². The first-order valence-electron chi connectivity index (χ1n) is 6.96.